The topological polar surface area (TPSA) is 37.3 Å². The number of hydrogen-bond acceptors (Lipinski definition) is 2. The molecule has 0 aliphatic rings. The van der Waals surface area contributed by atoms with Crippen molar-refractivity contribution in [1.29, 1.82) is 0 Å². The second-order valence-corrected chi connectivity index (χ2v) is 2.96. The summed E-state index contributed by atoms with van der Waals surface area (Å²) in [6.45, 7) is 5.29. The standard InChI is InChI=1S/C8H14O2/c1-7(5-4-6-9)8(2,3)10/h4-7,10H,1-3H3/b5-4+. The SMILES string of the molecule is CC(/C=C/C=O)C(C)(C)O. The molecule has 0 aliphatic carbocycles. The molecule has 0 spiro atoms. The average Bonchev–Trinajstić information content (AvgIpc) is 1.80. The Bertz CT molecular complexity index is 131. The van der Waals surface area contributed by atoms with E-state index in [9.17, 15) is 9.90 Å². The van der Waals surface area contributed by atoms with E-state index < -0.39 is 5.60 Å². The van der Waals surface area contributed by atoms with Crippen LogP contribution in [-0.2, 0) is 4.79 Å². The number of carbonyl (C=O) groups is 1. The van der Waals surface area contributed by atoms with Gasteiger partial charge in [0, 0.05) is 5.92 Å². The summed E-state index contributed by atoms with van der Waals surface area (Å²) in [5, 5.41) is 9.35. The van der Waals surface area contributed by atoms with E-state index in [-0.39, 0.29) is 5.92 Å². The lowest BCUT2D eigenvalue weighted by molar-refractivity contribution is -0.104. The van der Waals surface area contributed by atoms with Crippen LogP contribution in [0.4, 0.5) is 0 Å². The van der Waals surface area contributed by atoms with Crippen molar-refractivity contribution >= 4 is 6.29 Å². The van der Waals surface area contributed by atoms with Gasteiger partial charge in [-0.1, -0.05) is 13.0 Å². The Hall–Kier alpha value is -0.630. The molecule has 0 saturated carbocycles. The maximum atomic E-state index is 9.87. The van der Waals surface area contributed by atoms with E-state index in [2.05, 4.69) is 0 Å². The highest BCUT2D eigenvalue weighted by Gasteiger charge is 2.18. The molecule has 10 heavy (non-hydrogen) atoms. The van der Waals surface area contributed by atoms with E-state index in [1.54, 1.807) is 19.9 Å². The Kier molecular flexibility index (Phi) is 3.30. The van der Waals surface area contributed by atoms with Crippen LogP contribution in [0.1, 0.15) is 20.8 Å². The number of aliphatic hydroxyl groups is 1. The zero-order chi connectivity index (χ0) is 8.20. The van der Waals surface area contributed by atoms with Gasteiger partial charge in [-0.2, -0.15) is 0 Å². The molecule has 0 rings (SSSR count). The quantitative estimate of drug-likeness (QED) is 0.474. The predicted octanol–water partition coefficient (Wildman–Crippen LogP) is 1.15. The normalized spacial score (nSPS) is 15.6. The first-order valence-corrected chi connectivity index (χ1v) is 3.33. The van der Waals surface area contributed by atoms with Crippen LogP contribution in [-0.4, -0.2) is 17.0 Å². The molecular weight excluding hydrogens is 128 g/mol. The molecule has 2 nitrogen and oxygen atoms in total. The summed E-state index contributed by atoms with van der Waals surface area (Å²) in [4.78, 5) is 9.87. The molecule has 58 valence electrons. The summed E-state index contributed by atoms with van der Waals surface area (Å²) in [5.41, 5.74) is -0.737. The maximum Gasteiger partial charge on any atom is 0.142 e. The van der Waals surface area contributed by atoms with Gasteiger partial charge < -0.3 is 5.11 Å². The van der Waals surface area contributed by atoms with Gasteiger partial charge >= 0.3 is 0 Å². The van der Waals surface area contributed by atoms with Gasteiger partial charge in [0.25, 0.3) is 0 Å². The molecule has 1 unspecified atom stereocenters. The number of carbonyl (C=O) groups excluding carboxylic acids is 1. The lowest BCUT2D eigenvalue weighted by Gasteiger charge is -2.22. The first-order valence-electron chi connectivity index (χ1n) is 3.33. The van der Waals surface area contributed by atoms with Crippen molar-refractivity contribution in [3.8, 4) is 0 Å². The summed E-state index contributed by atoms with van der Waals surface area (Å²) in [5.74, 6) is 0.0118. The zero-order valence-electron chi connectivity index (χ0n) is 6.66. The van der Waals surface area contributed by atoms with Crippen LogP contribution in [0, 0.1) is 5.92 Å². The van der Waals surface area contributed by atoms with Crippen LogP contribution in [0.5, 0.6) is 0 Å². The van der Waals surface area contributed by atoms with Crippen molar-refractivity contribution in [3.63, 3.8) is 0 Å². The van der Waals surface area contributed by atoms with Crippen LogP contribution in [0.25, 0.3) is 0 Å². The van der Waals surface area contributed by atoms with E-state index in [0.29, 0.717) is 6.29 Å². The largest absolute Gasteiger partial charge is 0.390 e. The van der Waals surface area contributed by atoms with E-state index >= 15 is 0 Å². The van der Waals surface area contributed by atoms with E-state index in [4.69, 9.17) is 0 Å². The van der Waals surface area contributed by atoms with Crippen molar-refractivity contribution in [2.75, 3.05) is 0 Å². The van der Waals surface area contributed by atoms with Gasteiger partial charge in [0.05, 0.1) is 5.60 Å². The predicted molar refractivity (Wildman–Crippen MR) is 40.7 cm³/mol. The molecule has 0 fully saturated rings. The second-order valence-electron chi connectivity index (χ2n) is 2.96. The number of hydrogen-bond donors (Lipinski definition) is 1. The van der Waals surface area contributed by atoms with Crippen molar-refractivity contribution in [2.24, 2.45) is 5.92 Å². The van der Waals surface area contributed by atoms with Gasteiger partial charge in [-0.15, -0.1) is 0 Å². The van der Waals surface area contributed by atoms with Crippen LogP contribution in [0.2, 0.25) is 0 Å². The van der Waals surface area contributed by atoms with E-state index in [1.807, 2.05) is 6.92 Å². The molecule has 0 aromatic heterocycles. The fourth-order valence-corrected chi connectivity index (χ4v) is 0.448. The molecule has 2 heteroatoms. The van der Waals surface area contributed by atoms with Crippen molar-refractivity contribution in [2.45, 2.75) is 26.4 Å². The van der Waals surface area contributed by atoms with Crippen LogP contribution in [0.3, 0.4) is 0 Å². The third-order valence-electron chi connectivity index (χ3n) is 1.59. The summed E-state index contributed by atoms with van der Waals surface area (Å²) < 4.78 is 0. The van der Waals surface area contributed by atoms with Gasteiger partial charge in [0.15, 0.2) is 0 Å². The average molecular weight is 142 g/mol. The Labute approximate surface area is 61.6 Å². The molecule has 1 N–H and O–H groups in total. The highest BCUT2D eigenvalue weighted by molar-refractivity contribution is 5.64. The Morgan fingerprint density at radius 3 is 2.30 bits per heavy atom. The van der Waals surface area contributed by atoms with Gasteiger partial charge in [0.1, 0.15) is 6.29 Å². The number of allylic oxidation sites excluding steroid dienone is 1. The lowest BCUT2D eigenvalue weighted by atomic mass is 9.93. The summed E-state index contributed by atoms with van der Waals surface area (Å²) in [7, 11) is 0. The summed E-state index contributed by atoms with van der Waals surface area (Å²) in [6, 6.07) is 0. The van der Waals surface area contributed by atoms with Gasteiger partial charge in [-0.05, 0) is 19.9 Å². The van der Waals surface area contributed by atoms with Crippen molar-refractivity contribution in [1.82, 2.24) is 0 Å². The Morgan fingerprint density at radius 2 is 2.00 bits per heavy atom. The molecule has 0 saturated heterocycles. The highest BCUT2D eigenvalue weighted by Crippen LogP contribution is 2.15. The smallest absolute Gasteiger partial charge is 0.142 e. The molecule has 0 amide bonds. The van der Waals surface area contributed by atoms with E-state index in [0.717, 1.165) is 0 Å². The van der Waals surface area contributed by atoms with Crippen LogP contribution in [0.15, 0.2) is 12.2 Å². The molecule has 0 radical (unpaired) electrons. The lowest BCUT2D eigenvalue weighted by Crippen LogP contribution is -2.26. The van der Waals surface area contributed by atoms with E-state index in [1.165, 1.54) is 6.08 Å². The fourth-order valence-electron chi connectivity index (χ4n) is 0.448. The van der Waals surface area contributed by atoms with Crippen LogP contribution < -0.4 is 0 Å². The minimum Gasteiger partial charge on any atom is -0.390 e. The summed E-state index contributed by atoms with van der Waals surface area (Å²) >= 11 is 0. The molecule has 0 aliphatic heterocycles. The van der Waals surface area contributed by atoms with Gasteiger partial charge in [-0.25, -0.2) is 0 Å². The minimum absolute atomic E-state index is 0.0118. The molecular formula is C8H14O2. The van der Waals surface area contributed by atoms with Crippen molar-refractivity contribution < 1.29 is 9.90 Å². The third-order valence-corrected chi connectivity index (χ3v) is 1.59. The monoisotopic (exact) mass is 142 g/mol. The van der Waals surface area contributed by atoms with Gasteiger partial charge in [-0.3, -0.25) is 4.79 Å². The number of aldehydes is 1. The molecule has 0 aromatic rings. The number of rotatable bonds is 3. The summed E-state index contributed by atoms with van der Waals surface area (Å²) in [6.07, 6.45) is 3.80. The minimum atomic E-state index is -0.737. The molecule has 0 bridgehead atoms. The second kappa shape index (κ2) is 3.52. The van der Waals surface area contributed by atoms with Gasteiger partial charge in [0.2, 0.25) is 0 Å². The highest BCUT2D eigenvalue weighted by atomic mass is 16.3. The molecule has 1 atom stereocenters. The fraction of sp³-hybridized carbons (Fsp3) is 0.625. The molecule has 0 aromatic carbocycles. The first-order chi connectivity index (χ1) is 4.48. The van der Waals surface area contributed by atoms with Crippen molar-refractivity contribution in [3.05, 3.63) is 12.2 Å². The first kappa shape index (κ1) is 9.37. The third kappa shape index (κ3) is 3.41. The Balaban J connectivity index is 3.96. The zero-order valence-corrected chi connectivity index (χ0v) is 6.66. The Morgan fingerprint density at radius 1 is 1.50 bits per heavy atom. The van der Waals surface area contributed by atoms with Crippen LogP contribution >= 0.6 is 0 Å². The molecule has 0 heterocycles. The maximum absolute atomic E-state index is 9.87.